The Morgan fingerprint density at radius 2 is 2.33 bits per heavy atom. The highest BCUT2D eigenvalue weighted by atomic mass is 35.5. The monoisotopic (exact) mass is 186 g/mol. The number of fused-ring (bicyclic) bond motifs is 1. The van der Waals surface area contributed by atoms with Crippen molar-refractivity contribution in [3.8, 4) is 5.75 Å². The Bertz CT molecular complexity index is 301. The molecule has 0 unspecified atom stereocenters. The standard InChI is InChI=1S/C9H8ClFO/c10-8-3-4-12-9-5-6(11)1-2-7(8)9/h1-2,5,8H,3-4H2/t8-/m1/s1. The van der Waals surface area contributed by atoms with Gasteiger partial charge in [0.15, 0.2) is 0 Å². The fourth-order valence-corrected chi connectivity index (χ4v) is 1.59. The summed E-state index contributed by atoms with van der Waals surface area (Å²) in [4.78, 5) is 0. The SMILES string of the molecule is Fc1ccc2c(c1)OCC[C@H]2Cl. The first-order chi connectivity index (χ1) is 5.77. The van der Waals surface area contributed by atoms with Crippen molar-refractivity contribution >= 4 is 11.6 Å². The van der Waals surface area contributed by atoms with E-state index in [1.165, 1.54) is 12.1 Å². The van der Waals surface area contributed by atoms with Crippen LogP contribution in [0.3, 0.4) is 0 Å². The summed E-state index contributed by atoms with van der Waals surface area (Å²) in [5.41, 5.74) is 0.893. The minimum Gasteiger partial charge on any atom is -0.493 e. The summed E-state index contributed by atoms with van der Waals surface area (Å²) in [6.07, 6.45) is 0.792. The number of benzene rings is 1. The van der Waals surface area contributed by atoms with Gasteiger partial charge in [0.2, 0.25) is 0 Å². The Balaban J connectivity index is 2.46. The molecule has 0 fully saturated rings. The van der Waals surface area contributed by atoms with E-state index in [1.54, 1.807) is 6.07 Å². The summed E-state index contributed by atoms with van der Waals surface area (Å²) in [6.45, 7) is 0.574. The Kier molecular flexibility index (Phi) is 1.93. The molecule has 0 amide bonds. The van der Waals surface area contributed by atoms with Crippen LogP contribution in [0.1, 0.15) is 17.4 Å². The van der Waals surface area contributed by atoms with E-state index in [1.807, 2.05) is 0 Å². The van der Waals surface area contributed by atoms with Gasteiger partial charge in [-0.2, -0.15) is 0 Å². The smallest absolute Gasteiger partial charge is 0.126 e. The average Bonchev–Trinajstić information content (AvgIpc) is 2.04. The van der Waals surface area contributed by atoms with Crippen LogP contribution in [0.25, 0.3) is 0 Å². The third-order valence-corrected chi connectivity index (χ3v) is 2.40. The molecule has 1 nitrogen and oxygen atoms in total. The largest absolute Gasteiger partial charge is 0.493 e. The molecule has 2 rings (SSSR count). The lowest BCUT2D eigenvalue weighted by molar-refractivity contribution is 0.283. The van der Waals surface area contributed by atoms with Crippen LogP contribution in [-0.2, 0) is 0 Å². The third-order valence-electron chi connectivity index (χ3n) is 1.94. The molecule has 0 aromatic heterocycles. The van der Waals surface area contributed by atoms with Crippen molar-refractivity contribution in [3.63, 3.8) is 0 Å². The minimum atomic E-state index is -0.278. The van der Waals surface area contributed by atoms with Crippen LogP contribution >= 0.6 is 11.6 Å². The number of alkyl halides is 1. The lowest BCUT2D eigenvalue weighted by Gasteiger charge is -2.21. The van der Waals surface area contributed by atoms with Crippen molar-refractivity contribution in [3.05, 3.63) is 29.6 Å². The lowest BCUT2D eigenvalue weighted by atomic mass is 10.1. The van der Waals surface area contributed by atoms with Crippen molar-refractivity contribution < 1.29 is 9.13 Å². The summed E-state index contributed by atoms with van der Waals surface area (Å²) < 4.78 is 17.9. The molecule has 0 N–H and O–H groups in total. The zero-order chi connectivity index (χ0) is 8.55. The molecule has 1 aliphatic rings. The fourth-order valence-electron chi connectivity index (χ4n) is 1.32. The number of halogens is 2. The van der Waals surface area contributed by atoms with Crippen LogP contribution in [0.2, 0.25) is 0 Å². The second-order valence-corrected chi connectivity index (χ2v) is 3.31. The maximum Gasteiger partial charge on any atom is 0.126 e. The molecule has 0 saturated carbocycles. The van der Waals surface area contributed by atoms with Gasteiger partial charge in [-0.15, -0.1) is 11.6 Å². The number of hydrogen-bond acceptors (Lipinski definition) is 1. The van der Waals surface area contributed by atoms with Gasteiger partial charge in [-0.25, -0.2) is 4.39 Å². The van der Waals surface area contributed by atoms with Crippen LogP contribution in [0.15, 0.2) is 18.2 Å². The first-order valence-corrected chi connectivity index (χ1v) is 4.27. The molecule has 1 aromatic carbocycles. The molecule has 1 heterocycles. The summed E-state index contributed by atoms with van der Waals surface area (Å²) in [7, 11) is 0. The Morgan fingerprint density at radius 3 is 3.17 bits per heavy atom. The van der Waals surface area contributed by atoms with E-state index in [0.29, 0.717) is 12.4 Å². The molecule has 0 aliphatic carbocycles. The third kappa shape index (κ3) is 1.27. The maximum absolute atomic E-state index is 12.7. The number of hydrogen-bond donors (Lipinski definition) is 0. The molecule has 1 aliphatic heterocycles. The van der Waals surface area contributed by atoms with Gasteiger partial charge in [0.25, 0.3) is 0 Å². The Labute approximate surface area is 75.1 Å². The van der Waals surface area contributed by atoms with Crippen molar-refractivity contribution in [1.29, 1.82) is 0 Å². The first-order valence-electron chi connectivity index (χ1n) is 3.83. The van der Waals surface area contributed by atoms with Crippen molar-refractivity contribution in [2.75, 3.05) is 6.61 Å². The van der Waals surface area contributed by atoms with E-state index in [2.05, 4.69) is 0 Å². The molecule has 1 atom stereocenters. The van der Waals surface area contributed by atoms with Gasteiger partial charge < -0.3 is 4.74 Å². The highest BCUT2D eigenvalue weighted by Crippen LogP contribution is 2.36. The molecule has 0 bridgehead atoms. The van der Waals surface area contributed by atoms with E-state index in [9.17, 15) is 4.39 Å². The Hall–Kier alpha value is -0.760. The van der Waals surface area contributed by atoms with E-state index in [0.717, 1.165) is 12.0 Å². The van der Waals surface area contributed by atoms with Gasteiger partial charge >= 0.3 is 0 Å². The fraction of sp³-hybridized carbons (Fsp3) is 0.333. The van der Waals surface area contributed by atoms with Crippen molar-refractivity contribution in [2.45, 2.75) is 11.8 Å². The number of rotatable bonds is 0. The Morgan fingerprint density at radius 1 is 1.50 bits per heavy atom. The molecular weight excluding hydrogens is 179 g/mol. The van der Waals surface area contributed by atoms with Gasteiger partial charge in [-0.1, -0.05) is 6.07 Å². The molecular formula is C9H8ClFO. The average molecular weight is 187 g/mol. The molecule has 0 spiro atoms. The quantitative estimate of drug-likeness (QED) is 0.566. The van der Waals surface area contributed by atoms with E-state index < -0.39 is 0 Å². The van der Waals surface area contributed by atoms with Gasteiger partial charge in [0.05, 0.1) is 12.0 Å². The normalized spacial score (nSPS) is 21.3. The van der Waals surface area contributed by atoms with Gasteiger partial charge in [-0.05, 0) is 6.07 Å². The van der Waals surface area contributed by atoms with Crippen LogP contribution in [-0.4, -0.2) is 6.61 Å². The topological polar surface area (TPSA) is 9.23 Å². The predicted molar refractivity (Wildman–Crippen MR) is 45.1 cm³/mol. The highest BCUT2D eigenvalue weighted by molar-refractivity contribution is 6.21. The van der Waals surface area contributed by atoms with Gasteiger partial charge in [-0.3, -0.25) is 0 Å². The molecule has 0 radical (unpaired) electrons. The summed E-state index contributed by atoms with van der Waals surface area (Å²) in [5.74, 6) is 0.306. The van der Waals surface area contributed by atoms with Gasteiger partial charge in [0, 0.05) is 18.1 Å². The van der Waals surface area contributed by atoms with Crippen molar-refractivity contribution in [1.82, 2.24) is 0 Å². The van der Waals surface area contributed by atoms with Crippen LogP contribution in [0.5, 0.6) is 5.75 Å². The van der Waals surface area contributed by atoms with Crippen LogP contribution in [0, 0.1) is 5.82 Å². The minimum absolute atomic E-state index is 0.0330. The van der Waals surface area contributed by atoms with Crippen LogP contribution in [0.4, 0.5) is 4.39 Å². The van der Waals surface area contributed by atoms with E-state index in [4.69, 9.17) is 16.3 Å². The first kappa shape index (κ1) is 7.87. The predicted octanol–water partition coefficient (Wildman–Crippen LogP) is 2.89. The van der Waals surface area contributed by atoms with E-state index in [-0.39, 0.29) is 11.2 Å². The second-order valence-electron chi connectivity index (χ2n) is 2.79. The number of ether oxygens (including phenoxy) is 1. The van der Waals surface area contributed by atoms with Gasteiger partial charge in [0.1, 0.15) is 11.6 Å². The zero-order valence-electron chi connectivity index (χ0n) is 6.39. The zero-order valence-corrected chi connectivity index (χ0v) is 7.14. The molecule has 3 heteroatoms. The second kappa shape index (κ2) is 2.94. The molecule has 1 aromatic rings. The maximum atomic E-state index is 12.7. The lowest BCUT2D eigenvalue weighted by Crippen LogP contribution is -2.10. The van der Waals surface area contributed by atoms with Crippen molar-refractivity contribution in [2.24, 2.45) is 0 Å². The highest BCUT2D eigenvalue weighted by Gasteiger charge is 2.19. The summed E-state index contributed by atoms with van der Waals surface area (Å²) in [6, 6.07) is 4.47. The molecule has 64 valence electrons. The summed E-state index contributed by atoms with van der Waals surface area (Å²) in [5, 5.41) is -0.0330. The molecule has 12 heavy (non-hydrogen) atoms. The van der Waals surface area contributed by atoms with Crippen LogP contribution < -0.4 is 4.74 Å². The summed E-state index contributed by atoms with van der Waals surface area (Å²) >= 11 is 6.00. The van der Waals surface area contributed by atoms with E-state index >= 15 is 0 Å². The molecule has 0 saturated heterocycles.